The molecule has 124 valence electrons. The fourth-order valence-electron chi connectivity index (χ4n) is 2.71. The van der Waals surface area contributed by atoms with Gasteiger partial charge in [0.1, 0.15) is 5.75 Å². The Morgan fingerprint density at radius 1 is 1.17 bits per heavy atom. The van der Waals surface area contributed by atoms with E-state index in [9.17, 15) is 4.79 Å². The van der Waals surface area contributed by atoms with Crippen molar-refractivity contribution >= 4 is 28.0 Å². The highest BCUT2D eigenvalue weighted by Crippen LogP contribution is 2.25. The van der Waals surface area contributed by atoms with Crippen molar-refractivity contribution in [3.63, 3.8) is 0 Å². The second-order valence-electron chi connectivity index (χ2n) is 5.81. The van der Waals surface area contributed by atoms with E-state index in [2.05, 4.69) is 22.8 Å². The molecule has 1 amide bonds. The summed E-state index contributed by atoms with van der Waals surface area (Å²) in [5.74, 6) is 0.744. The normalized spacial score (nSPS) is 12.1. The van der Waals surface area contributed by atoms with Gasteiger partial charge in [0.05, 0.1) is 13.0 Å². The zero-order valence-corrected chi connectivity index (χ0v) is 14.7. The third kappa shape index (κ3) is 3.77. The van der Waals surface area contributed by atoms with Gasteiger partial charge in [-0.15, -0.1) is 11.3 Å². The lowest BCUT2D eigenvalue weighted by molar-refractivity contribution is -0.122. The third-order valence-corrected chi connectivity index (χ3v) is 5.15. The number of carbonyl (C=O) groups is 1. The highest BCUT2D eigenvalue weighted by Gasteiger charge is 2.15. The van der Waals surface area contributed by atoms with Crippen LogP contribution in [0.2, 0.25) is 0 Å². The molecule has 3 rings (SSSR count). The molecule has 1 aromatic heterocycles. The van der Waals surface area contributed by atoms with E-state index in [1.807, 2.05) is 43.3 Å². The molecule has 0 aliphatic heterocycles. The van der Waals surface area contributed by atoms with Gasteiger partial charge >= 0.3 is 0 Å². The van der Waals surface area contributed by atoms with E-state index in [0.717, 1.165) is 28.5 Å². The molecule has 24 heavy (non-hydrogen) atoms. The summed E-state index contributed by atoms with van der Waals surface area (Å²) >= 11 is 1.72. The number of methoxy groups -OCH3 is 1. The first-order chi connectivity index (χ1) is 11.7. The minimum Gasteiger partial charge on any atom is -0.497 e. The summed E-state index contributed by atoms with van der Waals surface area (Å²) in [7, 11) is 1.66. The zero-order valence-electron chi connectivity index (χ0n) is 13.9. The molecule has 0 bridgehead atoms. The molecular weight excluding hydrogens is 318 g/mol. The third-order valence-electron chi connectivity index (χ3n) is 4.22. The molecule has 1 heterocycles. The van der Waals surface area contributed by atoms with Gasteiger partial charge in [-0.25, -0.2) is 0 Å². The molecule has 1 unspecified atom stereocenters. The van der Waals surface area contributed by atoms with Crippen LogP contribution in [0.15, 0.2) is 53.9 Å². The van der Waals surface area contributed by atoms with Gasteiger partial charge in [0, 0.05) is 11.4 Å². The van der Waals surface area contributed by atoms with Crippen LogP contribution in [0.5, 0.6) is 5.75 Å². The van der Waals surface area contributed by atoms with Gasteiger partial charge < -0.3 is 10.1 Å². The number of hydrogen-bond donors (Lipinski definition) is 1. The monoisotopic (exact) mass is 339 g/mol. The molecule has 1 N–H and O–H groups in total. The smallest absolute Gasteiger partial charge is 0.227 e. The molecule has 4 heteroatoms. The topological polar surface area (TPSA) is 38.3 Å². The van der Waals surface area contributed by atoms with Crippen molar-refractivity contribution in [1.29, 1.82) is 0 Å². The maximum atomic E-state index is 12.4. The van der Waals surface area contributed by atoms with Gasteiger partial charge in [0.15, 0.2) is 0 Å². The summed E-state index contributed by atoms with van der Waals surface area (Å²) in [6.07, 6.45) is 0.883. The Labute approximate surface area is 146 Å². The van der Waals surface area contributed by atoms with Crippen molar-refractivity contribution < 1.29 is 9.53 Å². The summed E-state index contributed by atoms with van der Waals surface area (Å²) in [6.45, 7) is 2.62. The Hall–Kier alpha value is -2.33. The van der Waals surface area contributed by atoms with Crippen molar-refractivity contribution in [2.24, 2.45) is 0 Å². The summed E-state index contributed by atoms with van der Waals surface area (Å²) in [5, 5.41) is 7.32. The lowest BCUT2D eigenvalue weighted by atomic mass is 9.97. The fourth-order valence-corrected chi connectivity index (χ4v) is 3.42. The fraction of sp³-hybridized carbons (Fsp3) is 0.250. The first-order valence-corrected chi connectivity index (χ1v) is 8.93. The van der Waals surface area contributed by atoms with E-state index < -0.39 is 0 Å². The number of ether oxygens (including phenoxy) is 1. The van der Waals surface area contributed by atoms with E-state index in [1.165, 1.54) is 4.88 Å². The summed E-state index contributed by atoms with van der Waals surface area (Å²) < 4.78 is 5.25. The number of carbonyl (C=O) groups excluding carboxylic acids is 1. The number of fused-ring (bicyclic) bond motifs is 1. The Balaban J connectivity index is 1.66. The second kappa shape index (κ2) is 7.49. The molecule has 0 saturated heterocycles. The van der Waals surface area contributed by atoms with Crippen molar-refractivity contribution in [3.8, 4) is 5.75 Å². The van der Waals surface area contributed by atoms with E-state index in [-0.39, 0.29) is 11.8 Å². The van der Waals surface area contributed by atoms with Gasteiger partial charge in [0.25, 0.3) is 0 Å². The van der Waals surface area contributed by atoms with Crippen LogP contribution in [0.4, 0.5) is 0 Å². The first-order valence-electron chi connectivity index (χ1n) is 8.05. The number of hydrogen-bond acceptors (Lipinski definition) is 3. The zero-order chi connectivity index (χ0) is 16.9. The molecule has 0 fully saturated rings. The minimum absolute atomic E-state index is 0.0689. The standard InChI is InChI=1S/C20H21NO2S/c1-14(20(22)21-10-9-19-4-3-11-24-19)15-5-6-17-13-18(23-2)8-7-16(17)12-15/h3-8,11-14H,9-10H2,1-2H3,(H,21,22). The van der Waals surface area contributed by atoms with E-state index >= 15 is 0 Å². The lowest BCUT2D eigenvalue weighted by Crippen LogP contribution is -2.29. The molecule has 3 nitrogen and oxygen atoms in total. The number of nitrogens with one attached hydrogen (secondary N) is 1. The average molecular weight is 339 g/mol. The van der Waals surface area contributed by atoms with Crippen molar-refractivity contribution in [1.82, 2.24) is 5.32 Å². The van der Waals surface area contributed by atoms with Crippen LogP contribution in [-0.2, 0) is 11.2 Å². The Kier molecular flexibility index (Phi) is 5.16. The van der Waals surface area contributed by atoms with Crippen LogP contribution in [0.1, 0.15) is 23.3 Å². The van der Waals surface area contributed by atoms with Gasteiger partial charge in [-0.05, 0) is 53.3 Å². The highest BCUT2D eigenvalue weighted by atomic mass is 32.1. The van der Waals surface area contributed by atoms with E-state index in [1.54, 1.807) is 18.4 Å². The van der Waals surface area contributed by atoms with E-state index in [4.69, 9.17) is 4.74 Å². The van der Waals surface area contributed by atoms with Crippen LogP contribution < -0.4 is 10.1 Å². The molecule has 2 aromatic carbocycles. The van der Waals surface area contributed by atoms with E-state index in [0.29, 0.717) is 6.54 Å². The molecule has 0 spiro atoms. The Bertz CT molecular complexity index is 827. The largest absolute Gasteiger partial charge is 0.497 e. The summed E-state index contributed by atoms with van der Waals surface area (Å²) in [6, 6.07) is 16.3. The van der Waals surface area contributed by atoms with Crippen molar-refractivity contribution in [2.75, 3.05) is 13.7 Å². The van der Waals surface area contributed by atoms with Gasteiger partial charge in [0.2, 0.25) is 5.91 Å². The van der Waals surface area contributed by atoms with Crippen LogP contribution in [0.3, 0.4) is 0 Å². The number of thiophene rings is 1. The molecule has 0 aliphatic rings. The second-order valence-corrected chi connectivity index (χ2v) is 6.85. The van der Waals surface area contributed by atoms with Gasteiger partial charge in [-0.1, -0.05) is 30.3 Å². The Morgan fingerprint density at radius 2 is 1.96 bits per heavy atom. The predicted octanol–water partition coefficient (Wildman–Crippen LogP) is 4.37. The summed E-state index contributed by atoms with van der Waals surface area (Å²) in [4.78, 5) is 13.7. The van der Waals surface area contributed by atoms with Crippen molar-refractivity contribution in [3.05, 3.63) is 64.4 Å². The lowest BCUT2D eigenvalue weighted by Gasteiger charge is -2.13. The minimum atomic E-state index is -0.167. The van der Waals surface area contributed by atoms with Crippen LogP contribution in [0, 0.1) is 0 Å². The molecular formula is C20H21NO2S. The van der Waals surface area contributed by atoms with Crippen molar-refractivity contribution in [2.45, 2.75) is 19.3 Å². The van der Waals surface area contributed by atoms with Gasteiger partial charge in [-0.3, -0.25) is 4.79 Å². The molecule has 0 aliphatic carbocycles. The van der Waals surface area contributed by atoms with Crippen LogP contribution in [-0.4, -0.2) is 19.6 Å². The molecule has 3 aromatic rings. The predicted molar refractivity (Wildman–Crippen MR) is 99.9 cm³/mol. The summed E-state index contributed by atoms with van der Waals surface area (Å²) in [5.41, 5.74) is 1.03. The number of rotatable bonds is 6. The quantitative estimate of drug-likeness (QED) is 0.724. The van der Waals surface area contributed by atoms with Crippen LogP contribution in [0.25, 0.3) is 10.8 Å². The number of amides is 1. The molecule has 0 radical (unpaired) electrons. The number of benzene rings is 2. The Morgan fingerprint density at radius 3 is 2.71 bits per heavy atom. The average Bonchev–Trinajstić information content (AvgIpc) is 3.13. The SMILES string of the molecule is COc1ccc2cc(C(C)C(=O)NCCc3cccs3)ccc2c1. The highest BCUT2D eigenvalue weighted by molar-refractivity contribution is 7.09. The molecule has 0 saturated carbocycles. The first kappa shape index (κ1) is 16.5. The molecule has 1 atom stereocenters. The maximum Gasteiger partial charge on any atom is 0.227 e. The van der Waals surface area contributed by atoms with Crippen LogP contribution >= 0.6 is 11.3 Å². The van der Waals surface area contributed by atoms with Gasteiger partial charge in [-0.2, -0.15) is 0 Å². The maximum absolute atomic E-state index is 12.4.